The largest absolute Gasteiger partial charge is 0.344 e. The van der Waals surface area contributed by atoms with Crippen LogP contribution < -0.4 is 0 Å². The van der Waals surface area contributed by atoms with E-state index >= 15 is 0 Å². The fourth-order valence-electron chi connectivity index (χ4n) is 3.12. The summed E-state index contributed by atoms with van der Waals surface area (Å²) in [4.78, 5) is 11.6. The van der Waals surface area contributed by atoms with Gasteiger partial charge in [0.25, 0.3) is 0 Å². The van der Waals surface area contributed by atoms with E-state index in [-0.39, 0.29) is 0 Å². The second kappa shape index (κ2) is 4.60. The van der Waals surface area contributed by atoms with Crippen LogP contribution in [0, 0.1) is 0 Å². The SMILES string of the molecule is CCc1cccc2ccn(C3CCCC(=O)C3)c12. The third-order valence-electron chi connectivity index (χ3n) is 4.05. The molecule has 0 radical (unpaired) electrons. The zero-order valence-electron chi connectivity index (χ0n) is 10.9. The first-order valence-electron chi connectivity index (χ1n) is 6.89. The van der Waals surface area contributed by atoms with Crippen LogP contribution in [0.5, 0.6) is 0 Å². The Morgan fingerprint density at radius 2 is 2.22 bits per heavy atom. The number of fused-ring (bicyclic) bond motifs is 1. The van der Waals surface area contributed by atoms with Gasteiger partial charge in [-0.2, -0.15) is 0 Å². The Bertz CT molecular complexity index is 582. The molecule has 0 N–H and O–H groups in total. The first kappa shape index (κ1) is 11.5. The van der Waals surface area contributed by atoms with Gasteiger partial charge < -0.3 is 4.57 Å². The molecule has 94 valence electrons. The highest BCUT2D eigenvalue weighted by atomic mass is 16.1. The highest BCUT2D eigenvalue weighted by molar-refractivity contribution is 5.84. The Morgan fingerprint density at radius 3 is 3.00 bits per heavy atom. The smallest absolute Gasteiger partial charge is 0.134 e. The van der Waals surface area contributed by atoms with E-state index in [9.17, 15) is 4.79 Å². The van der Waals surface area contributed by atoms with E-state index in [2.05, 4.69) is 42.0 Å². The minimum Gasteiger partial charge on any atom is -0.344 e. The van der Waals surface area contributed by atoms with E-state index in [1.807, 2.05) is 0 Å². The van der Waals surface area contributed by atoms with E-state index in [0.29, 0.717) is 18.2 Å². The molecule has 1 saturated carbocycles. The monoisotopic (exact) mass is 241 g/mol. The van der Waals surface area contributed by atoms with Gasteiger partial charge in [-0.3, -0.25) is 4.79 Å². The van der Waals surface area contributed by atoms with Gasteiger partial charge in [0.05, 0.1) is 5.52 Å². The Balaban J connectivity index is 2.08. The lowest BCUT2D eigenvalue weighted by Gasteiger charge is -2.24. The lowest BCUT2D eigenvalue weighted by Crippen LogP contribution is -2.18. The van der Waals surface area contributed by atoms with Crippen molar-refractivity contribution in [3.05, 3.63) is 36.0 Å². The highest BCUT2D eigenvalue weighted by Crippen LogP contribution is 2.31. The van der Waals surface area contributed by atoms with Crippen LogP contribution in [-0.4, -0.2) is 10.4 Å². The summed E-state index contributed by atoms with van der Waals surface area (Å²) in [6.45, 7) is 2.19. The molecule has 2 nitrogen and oxygen atoms in total. The standard InChI is InChI=1S/C16H19NO/c1-2-12-5-3-6-13-9-10-17(16(12)13)14-7-4-8-15(18)11-14/h3,5-6,9-10,14H,2,4,7-8,11H2,1H3. The van der Waals surface area contributed by atoms with Crippen LogP contribution in [0.3, 0.4) is 0 Å². The van der Waals surface area contributed by atoms with Crippen molar-refractivity contribution in [3.8, 4) is 0 Å². The first-order chi connectivity index (χ1) is 8.79. The van der Waals surface area contributed by atoms with Gasteiger partial charge in [0.1, 0.15) is 5.78 Å². The minimum absolute atomic E-state index is 0.372. The van der Waals surface area contributed by atoms with Crippen molar-refractivity contribution < 1.29 is 4.79 Å². The van der Waals surface area contributed by atoms with E-state index in [1.165, 1.54) is 16.5 Å². The maximum atomic E-state index is 11.6. The molecule has 0 amide bonds. The summed E-state index contributed by atoms with van der Waals surface area (Å²) >= 11 is 0. The number of aromatic nitrogens is 1. The van der Waals surface area contributed by atoms with Crippen molar-refractivity contribution in [2.75, 3.05) is 0 Å². The minimum atomic E-state index is 0.372. The number of Topliss-reactive ketones (excluding diaryl/α,β-unsaturated/α-hetero) is 1. The molecule has 2 aromatic rings. The summed E-state index contributed by atoms with van der Waals surface area (Å²) in [6, 6.07) is 9.03. The van der Waals surface area contributed by atoms with Crippen molar-refractivity contribution >= 4 is 16.7 Å². The molecule has 1 aromatic heterocycles. The topological polar surface area (TPSA) is 22.0 Å². The van der Waals surface area contributed by atoms with Crippen LogP contribution in [0.25, 0.3) is 10.9 Å². The van der Waals surface area contributed by atoms with Crippen LogP contribution in [0.2, 0.25) is 0 Å². The molecule has 18 heavy (non-hydrogen) atoms. The number of ketones is 1. The molecule has 1 atom stereocenters. The summed E-state index contributed by atoms with van der Waals surface area (Å²) in [6.07, 6.45) is 6.86. The van der Waals surface area contributed by atoms with E-state index in [0.717, 1.165) is 25.7 Å². The summed E-state index contributed by atoms with van der Waals surface area (Å²) in [5, 5.41) is 1.30. The van der Waals surface area contributed by atoms with Crippen LogP contribution in [0.1, 0.15) is 44.2 Å². The maximum absolute atomic E-state index is 11.6. The van der Waals surface area contributed by atoms with Gasteiger partial charge in [-0.05, 0) is 36.3 Å². The molecule has 2 heteroatoms. The Hall–Kier alpha value is -1.57. The normalized spacial score (nSPS) is 20.5. The van der Waals surface area contributed by atoms with Gasteiger partial charge in [-0.1, -0.05) is 25.1 Å². The summed E-state index contributed by atoms with van der Waals surface area (Å²) in [5.74, 6) is 0.419. The van der Waals surface area contributed by atoms with Crippen LogP contribution in [-0.2, 0) is 11.2 Å². The van der Waals surface area contributed by atoms with Crippen LogP contribution in [0.15, 0.2) is 30.5 Å². The molecule has 3 rings (SSSR count). The summed E-state index contributed by atoms with van der Waals surface area (Å²) in [5.41, 5.74) is 2.72. The molecule has 0 bridgehead atoms. The average Bonchev–Trinajstić information content (AvgIpc) is 2.82. The van der Waals surface area contributed by atoms with Gasteiger partial charge in [0.2, 0.25) is 0 Å². The Morgan fingerprint density at radius 1 is 1.33 bits per heavy atom. The molecule has 1 unspecified atom stereocenters. The third kappa shape index (κ3) is 1.86. The van der Waals surface area contributed by atoms with Gasteiger partial charge in [-0.25, -0.2) is 0 Å². The molecule has 0 aliphatic heterocycles. The first-order valence-corrected chi connectivity index (χ1v) is 6.89. The molecule has 1 aliphatic carbocycles. The number of para-hydroxylation sites is 1. The number of nitrogens with zero attached hydrogens (tertiary/aromatic N) is 1. The van der Waals surface area contributed by atoms with Gasteiger partial charge >= 0.3 is 0 Å². The van der Waals surface area contributed by atoms with E-state index in [1.54, 1.807) is 0 Å². The molecule has 0 spiro atoms. The summed E-state index contributed by atoms with van der Waals surface area (Å²) < 4.78 is 2.34. The lowest BCUT2D eigenvalue weighted by molar-refractivity contribution is -0.121. The molecular weight excluding hydrogens is 222 g/mol. The number of hydrogen-bond donors (Lipinski definition) is 0. The van der Waals surface area contributed by atoms with Crippen molar-refractivity contribution in [1.29, 1.82) is 0 Å². The molecular formula is C16H19NO. The second-order valence-corrected chi connectivity index (χ2v) is 5.22. The predicted octanol–water partition coefficient (Wildman–Crippen LogP) is 3.89. The second-order valence-electron chi connectivity index (χ2n) is 5.22. The lowest BCUT2D eigenvalue weighted by atomic mass is 9.94. The molecule has 1 fully saturated rings. The molecule has 1 aromatic carbocycles. The number of benzene rings is 1. The zero-order chi connectivity index (χ0) is 12.5. The van der Waals surface area contributed by atoms with Gasteiger partial charge in [0.15, 0.2) is 0 Å². The summed E-state index contributed by atoms with van der Waals surface area (Å²) in [7, 11) is 0. The van der Waals surface area contributed by atoms with Crippen molar-refractivity contribution in [2.45, 2.75) is 45.1 Å². The van der Waals surface area contributed by atoms with E-state index in [4.69, 9.17) is 0 Å². The number of carbonyl (C=O) groups is 1. The predicted molar refractivity (Wildman–Crippen MR) is 73.8 cm³/mol. The number of carbonyl (C=O) groups excluding carboxylic acids is 1. The average molecular weight is 241 g/mol. The molecule has 1 heterocycles. The number of aryl methyl sites for hydroxylation is 1. The molecule has 1 aliphatic rings. The number of hydrogen-bond acceptors (Lipinski definition) is 1. The number of rotatable bonds is 2. The van der Waals surface area contributed by atoms with Crippen LogP contribution in [0.4, 0.5) is 0 Å². The van der Waals surface area contributed by atoms with Crippen molar-refractivity contribution in [2.24, 2.45) is 0 Å². The Kier molecular flexibility index (Phi) is 2.94. The fraction of sp³-hybridized carbons (Fsp3) is 0.438. The quantitative estimate of drug-likeness (QED) is 0.782. The maximum Gasteiger partial charge on any atom is 0.134 e. The zero-order valence-corrected chi connectivity index (χ0v) is 10.9. The van der Waals surface area contributed by atoms with Crippen LogP contribution >= 0.6 is 0 Å². The Labute approximate surface area is 108 Å². The van der Waals surface area contributed by atoms with Crippen molar-refractivity contribution in [3.63, 3.8) is 0 Å². The molecule has 0 saturated heterocycles. The van der Waals surface area contributed by atoms with Crippen molar-refractivity contribution in [1.82, 2.24) is 4.57 Å². The fourth-order valence-corrected chi connectivity index (χ4v) is 3.12. The van der Waals surface area contributed by atoms with Gasteiger partial charge in [0, 0.05) is 25.1 Å². The third-order valence-corrected chi connectivity index (χ3v) is 4.05. The van der Waals surface area contributed by atoms with E-state index < -0.39 is 0 Å². The highest BCUT2D eigenvalue weighted by Gasteiger charge is 2.22. The van der Waals surface area contributed by atoms with Gasteiger partial charge in [-0.15, -0.1) is 0 Å².